The number of carbonyl (C=O) groups is 1. The van der Waals surface area contributed by atoms with Gasteiger partial charge in [-0.1, -0.05) is 0 Å². The molecule has 1 N–H and O–H groups in total. The first-order chi connectivity index (χ1) is 8.97. The van der Waals surface area contributed by atoms with Crippen molar-refractivity contribution >= 4 is 5.91 Å². The molecule has 0 saturated heterocycles. The Balaban J connectivity index is 2.37. The SMILES string of the molecule is CCN(C)C(=O)C(C)n1c(C)cc2c1CCCC2O. The summed E-state index contributed by atoms with van der Waals surface area (Å²) in [7, 11) is 1.83. The van der Waals surface area contributed by atoms with Gasteiger partial charge in [-0.15, -0.1) is 0 Å². The van der Waals surface area contributed by atoms with Crippen LogP contribution in [-0.2, 0) is 11.2 Å². The van der Waals surface area contributed by atoms with Gasteiger partial charge in [0.1, 0.15) is 6.04 Å². The van der Waals surface area contributed by atoms with Gasteiger partial charge >= 0.3 is 0 Å². The van der Waals surface area contributed by atoms with Gasteiger partial charge in [0.25, 0.3) is 0 Å². The first-order valence-corrected chi connectivity index (χ1v) is 7.11. The first-order valence-electron chi connectivity index (χ1n) is 7.11. The maximum Gasteiger partial charge on any atom is 0.245 e. The van der Waals surface area contributed by atoms with Crippen molar-refractivity contribution in [1.82, 2.24) is 9.47 Å². The van der Waals surface area contributed by atoms with Crippen molar-refractivity contribution in [3.05, 3.63) is 23.0 Å². The summed E-state index contributed by atoms with van der Waals surface area (Å²) in [4.78, 5) is 14.1. The van der Waals surface area contributed by atoms with Crippen molar-refractivity contribution in [1.29, 1.82) is 0 Å². The Morgan fingerprint density at radius 3 is 2.95 bits per heavy atom. The number of carbonyl (C=O) groups excluding carboxylic acids is 1. The number of aliphatic hydroxyl groups is 1. The zero-order valence-electron chi connectivity index (χ0n) is 12.3. The van der Waals surface area contributed by atoms with E-state index < -0.39 is 0 Å². The van der Waals surface area contributed by atoms with Gasteiger partial charge in [-0.05, 0) is 46.1 Å². The summed E-state index contributed by atoms with van der Waals surface area (Å²) in [6.07, 6.45) is 2.40. The molecule has 1 aliphatic rings. The topological polar surface area (TPSA) is 45.5 Å². The summed E-state index contributed by atoms with van der Waals surface area (Å²) in [6.45, 7) is 6.66. The van der Waals surface area contributed by atoms with Crippen molar-refractivity contribution in [3.63, 3.8) is 0 Å². The number of aromatic nitrogens is 1. The van der Waals surface area contributed by atoms with Crippen molar-refractivity contribution < 1.29 is 9.90 Å². The molecule has 0 saturated carbocycles. The molecule has 1 heterocycles. The van der Waals surface area contributed by atoms with E-state index in [2.05, 4.69) is 4.57 Å². The Bertz CT molecular complexity index is 479. The quantitative estimate of drug-likeness (QED) is 0.909. The molecule has 4 nitrogen and oxygen atoms in total. The Morgan fingerprint density at radius 1 is 1.63 bits per heavy atom. The molecule has 4 heteroatoms. The molecule has 19 heavy (non-hydrogen) atoms. The molecule has 0 spiro atoms. The fourth-order valence-electron chi connectivity index (χ4n) is 3.03. The molecule has 1 amide bonds. The van der Waals surface area contributed by atoms with E-state index in [1.807, 2.05) is 33.9 Å². The minimum Gasteiger partial charge on any atom is -0.388 e. The molecule has 0 aromatic carbocycles. The fraction of sp³-hybridized carbons (Fsp3) is 0.667. The van der Waals surface area contributed by atoms with E-state index in [9.17, 15) is 9.90 Å². The van der Waals surface area contributed by atoms with Crippen molar-refractivity contribution in [2.75, 3.05) is 13.6 Å². The smallest absolute Gasteiger partial charge is 0.245 e. The van der Waals surface area contributed by atoms with E-state index in [1.165, 1.54) is 0 Å². The molecule has 0 fully saturated rings. The molecule has 2 unspecified atom stereocenters. The average molecular weight is 264 g/mol. The van der Waals surface area contributed by atoms with Gasteiger partial charge in [-0.3, -0.25) is 4.79 Å². The van der Waals surface area contributed by atoms with E-state index in [4.69, 9.17) is 0 Å². The largest absolute Gasteiger partial charge is 0.388 e. The highest BCUT2D eigenvalue weighted by atomic mass is 16.3. The number of aryl methyl sites for hydroxylation is 1. The van der Waals surface area contributed by atoms with Crippen LogP contribution in [0.25, 0.3) is 0 Å². The number of fused-ring (bicyclic) bond motifs is 1. The van der Waals surface area contributed by atoms with Crippen LogP contribution in [0.15, 0.2) is 6.07 Å². The molecule has 1 aromatic heterocycles. The van der Waals surface area contributed by atoms with Gasteiger partial charge in [0, 0.05) is 30.5 Å². The normalized spacial score (nSPS) is 19.9. The van der Waals surface area contributed by atoms with E-state index in [0.717, 1.165) is 36.2 Å². The summed E-state index contributed by atoms with van der Waals surface area (Å²) in [5.74, 6) is 0.129. The molecular formula is C15H24N2O2. The highest BCUT2D eigenvalue weighted by molar-refractivity contribution is 5.80. The minimum absolute atomic E-state index is 0.129. The van der Waals surface area contributed by atoms with Crippen molar-refractivity contribution in [2.45, 2.75) is 52.2 Å². The predicted molar refractivity (Wildman–Crippen MR) is 75.1 cm³/mol. The third kappa shape index (κ3) is 2.41. The number of rotatable bonds is 3. The van der Waals surface area contributed by atoms with Crippen LogP contribution in [0.4, 0.5) is 0 Å². The third-order valence-electron chi connectivity index (χ3n) is 4.21. The molecule has 1 aromatic rings. The predicted octanol–water partition coefficient (Wildman–Crippen LogP) is 2.21. The van der Waals surface area contributed by atoms with Crippen LogP contribution in [0.1, 0.15) is 55.8 Å². The second-order valence-corrected chi connectivity index (χ2v) is 5.49. The van der Waals surface area contributed by atoms with Crippen molar-refractivity contribution in [2.24, 2.45) is 0 Å². The summed E-state index contributed by atoms with van der Waals surface area (Å²) >= 11 is 0. The standard InChI is InChI=1S/C15H24N2O2/c1-5-16(4)15(19)11(3)17-10(2)9-12-13(17)7-6-8-14(12)18/h9,11,14,18H,5-8H2,1-4H3. The van der Waals surface area contributed by atoms with Crippen molar-refractivity contribution in [3.8, 4) is 0 Å². The number of hydrogen-bond donors (Lipinski definition) is 1. The second kappa shape index (κ2) is 5.37. The molecule has 2 atom stereocenters. The Hall–Kier alpha value is -1.29. The maximum atomic E-state index is 12.3. The zero-order valence-corrected chi connectivity index (χ0v) is 12.3. The molecule has 106 valence electrons. The van der Waals surface area contributed by atoms with Crippen LogP contribution < -0.4 is 0 Å². The Kier molecular flexibility index (Phi) is 3.99. The highest BCUT2D eigenvalue weighted by Gasteiger charge is 2.28. The molecule has 0 aliphatic heterocycles. The number of nitrogens with zero attached hydrogens (tertiary/aromatic N) is 2. The van der Waals surface area contributed by atoms with Crippen LogP contribution in [0.5, 0.6) is 0 Å². The van der Waals surface area contributed by atoms with Gasteiger partial charge in [-0.2, -0.15) is 0 Å². The monoisotopic (exact) mass is 264 g/mol. The lowest BCUT2D eigenvalue weighted by atomic mass is 9.95. The summed E-state index contributed by atoms with van der Waals surface area (Å²) in [5, 5.41) is 10.1. The molecule has 2 rings (SSSR count). The lowest BCUT2D eigenvalue weighted by Gasteiger charge is -2.26. The van der Waals surface area contributed by atoms with Crippen LogP contribution in [0.2, 0.25) is 0 Å². The van der Waals surface area contributed by atoms with E-state index >= 15 is 0 Å². The first kappa shape index (κ1) is 14.1. The molecule has 0 bridgehead atoms. The molecular weight excluding hydrogens is 240 g/mol. The lowest BCUT2D eigenvalue weighted by molar-refractivity contribution is -0.132. The summed E-state index contributed by atoms with van der Waals surface area (Å²) in [6, 6.07) is 1.84. The molecule has 1 aliphatic carbocycles. The van der Waals surface area contributed by atoms with Crippen LogP contribution in [-0.4, -0.2) is 34.1 Å². The van der Waals surface area contributed by atoms with E-state index in [1.54, 1.807) is 4.90 Å². The third-order valence-corrected chi connectivity index (χ3v) is 4.21. The number of hydrogen-bond acceptors (Lipinski definition) is 2. The number of amides is 1. The second-order valence-electron chi connectivity index (χ2n) is 5.49. The number of likely N-dealkylation sites (N-methyl/N-ethyl adjacent to an activating group) is 1. The van der Waals surface area contributed by atoms with E-state index in [0.29, 0.717) is 6.54 Å². The summed E-state index contributed by atoms with van der Waals surface area (Å²) < 4.78 is 2.10. The van der Waals surface area contributed by atoms with Gasteiger partial charge < -0.3 is 14.6 Å². The van der Waals surface area contributed by atoms with Crippen LogP contribution >= 0.6 is 0 Å². The zero-order chi connectivity index (χ0) is 14.2. The van der Waals surface area contributed by atoms with Gasteiger partial charge in [0.15, 0.2) is 0 Å². The van der Waals surface area contributed by atoms with Gasteiger partial charge in [0.05, 0.1) is 6.10 Å². The summed E-state index contributed by atoms with van der Waals surface area (Å²) in [5.41, 5.74) is 3.22. The highest BCUT2D eigenvalue weighted by Crippen LogP contribution is 2.34. The average Bonchev–Trinajstić information content (AvgIpc) is 2.74. The minimum atomic E-state index is -0.366. The van der Waals surface area contributed by atoms with Crippen LogP contribution in [0, 0.1) is 6.92 Å². The Labute approximate surface area is 115 Å². The van der Waals surface area contributed by atoms with Gasteiger partial charge in [0.2, 0.25) is 5.91 Å². The van der Waals surface area contributed by atoms with Gasteiger partial charge in [-0.25, -0.2) is 0 Å². The fourth-order valence-corrected chi connectivity index (χ4v) is 3.03. The number of aliphatic hydroxyl groups excluding tert-OH is 1. The Morgan fingerprint density at radius 2 is 2.32 bits per heavy atom. The van der Waals surface area contributed by atoms with Crippen LogP contribution in [0.3, 0.4) is 0 Å². The molecule has 0 radical (unpaired) electrons. The maximum absolute atomic E-state index is 12.3. The van der Waals surface area contributed by atoms with E-state index in [-0.39, 0.29) is 18.1 Å². The lowest BCUT2D eigenvalue weighted by Crippen LogP contribution is -2.34.